The molecule has 0 radical (unpaired) electrons. The van der Waals surface area contributed by atoms with E-state index >= 15 is 0 Å². The van der Waals surface area contributed by atoms with Crippen LogP contribution in [0.25, 0.3) is 0 Å². The molecule has 20 heavy (non-hydrogen) atoms. The Morgan fingerprint density at radius 1 is 1.40 bits per heavy atom. The normalized spacial score (nSPS) is 26.6. The van der Waals surface area contributed by atoms with Crippen molar-refractivity contribution < 1.29 is 9.84 Å². The zero-order valence-electron chi connectivity index (χ0n) is 13.2. The Kier molecular flexibility index (Phi) is 4.69. The van der Waals surface area contributed by atoms with Gasteiger partial charge >= 0.3 is 0 Å². The molecule has 1 saturated carbocycles. The van der Waals surface area contributed by atoms with Crippen LogP contribution >= 0.6 is 0 Å². The number of aryl methyl sites for hydroxylation is 1. The third-order valence-corrected chi connectivity index (χ3v) is 4.89. The maximum Gasteiger partial charge on any atom is 0.128 e. The first kappa shape index (κ1) is 15.3. The topological polar surface area (TPSA) is 42.4 Å². The number of rotatable bonds is 4. The lowest BCUT2D eigenvalue weighted by atomic mass is 9.71. The number of hydrogen-bond acceptors (Lipinski definition) is 3. The van der Waals surface area contributed by atoms with Gasteiger partial charge in [-0.3, -0.25) is 4.98 Å². The summed E-state index contributed by atoms with van der Waals surface area (Å²) in [7, 11) is 1.70. The molecule has 1 heterocycles. The molecule has 0 aromatic carbocycles. The summed E-state index contributed by atoms with van der Waals surface area (Å²) in [6, 6.07) is 0. The first-order valence-electron chi connectivity index (χ1n) is 7.73. The van der Waals surface area contributed by atoms with Crippen molar-refractivity contribution in [3.8, 4) is 5.75 Å². The van der Waals surface area contributed by atoms with Crippen LogP contribution in [0.5, 0.6) is 5.75 Å². The fourth-order valence-corrected chi connectivity index (χ4v) is 3.65. The maximum atomic E-state index is 11.1. The zero-order valence-corrected chi connectivity index (χ0v) is 13.2. The molecular formula is C17H27NO2. The minimum absolute atomic E-state index is 0.393. The minimum atomic E-state index is -0.592. The lowest BCUT2D eigenvalue weighted by molar-refractivity contribution is -0.0499. The van der Waals surface area contributed by atoms with Gasteiger partial charge in [0.15, 0.2) is 0 Å². The van der Waals surface area contributed by atoms with Gasteiger partial charge in [0.25, 0.3) is 0 Å². The zero-order chi connectivity index (χ0) is 14.8. The Hall–Kier alpha value is -1.09. The van der Waals surface area contributed by atoms with Crippen molar-refractivity contribution in [1.82, 2.24) is 4.98 Å². The third-order valence-electron chi connectivity index (χ3n) is 4.89. The van der Waals surface area contributed by atoms with E-state index in [1.54, 1.807) is 7.11 Å². The molecule has 1 aliphatic rings. The Labute approximate surface area is 122 Å². The second-order valence-electron chi connectivity index (χ2n) is 6.18. The molecule has 3 nitrogen and oxygen atoms in total. The molecule has 0 aliphatic heterocycles. The maximum absolute atomic E-state index is 11.1. The molecule has 3 heteroatoms. The average Bonchev–Trinajstić information content (AvgIpc) is 2.43. The lowest BCUT2D eigenvalue weighted by Crippen LogP contribution is -2.42. The van der Waals surface area contributed by atoms with Crippen LogP contribution in [0.3, 0.4) is 0 Å². The van der Waals surface area contributed by atoms with Crippen molar-refractivity contribution in [3.63, 3.8) is 0 Å². The number of pyridine rings is 1. The molecule has 0 spiro atoms. The van der Waals surface area contributed by atoms with Crippen molar-refractivity contribution in [3.05, 3.63) is 23.0 Å². The van der Waals surface area contributed by atoms with Crippen LogP contribution in [0.2, 0.25) is 0 Å². The van der Waals surface area contributed by atoms with Gasteiger partial charge in [-0.2, -0.15) is 0 Å². The van der Waals surface area contributed by atoms with Crippen LogP contribution in [-0.2, 0) is 6.42 Å². The summed E-state index contributed by atoms with van der Waals surface area (Å²) < 4.78 is 5.47. The number of methoxy groups -OCH3 is 1. The quantitative estimate of drug-likeness (QED) is 0.914. The van der Waals surface area contributed by atoms with Gasteiger partial charge in [0.05, 0.1) is 12.7 Å². The van der Waals surface area contributed by atoms with Crippen LogP contribution in [0.1, 0.15) is 55.8 Å². The molecule has 112 valence electrons. The Morgan fingerprint density at radius 2 is 2.15 bits per heavy atom. The first-order valence-corrected chi connectivity index (χ1v) is 7.73. The molecule has 1 aromatic rings. The monoisotopic (exact) mass is 277 g/mol. The van der Waals surface area contributed by atoms with Gasteiger partial charge in [0.1, 0.15) is 5.75 Å². The number of nitrogens with zero attached hydrogens (tertiary/aromatic N) is 1. The second kappa shape index (κ2) is 6.13. The van der Waals surface area contributed by atoms with Crippen molar-refractivity contribution in [2.24, 2.45) is 5.92 Å². The lowest BCUT2D eigenvalue weighted by Gasteiger charge is -2.40. The molecule has 1 N–H and O–H groups in total. The van der Waals surface area contributed by atoms with Gasteiger partial charge in [0.2, 0.25) is 0 Å². The highest BCUT2D eigenvalue weighted by Gasteiger charge is 2.38. The van der Waals surface area contributed by atoms with E-state index in [1.165, 1.54) is 6.42 Å². The van der Waals surface area contributed by atoms with Gasteiger partial charge in [-0.05, 0) is 32.6 Å². The Bertz CT molecular complexity index is 472. The van der Waals surface area contributed by atoms with Crippen molar-refractivity contribution >= 4 is 0 Å². The SMILES string of the molecule is CCC1CCCCC1(O)Cc1ncc(C)c(OC)c1C. The second-order valence-corrected chi connectivity index (χ2v) is 6.18. The average molecular weight is 277 g/mol. The predicted molar refractivity (Wildman–Crippen MR) is 81.2 cm³/mol. The van der Waals surface area contributed by atoms with Gasteiger partial charge in [-0.15, -0.1) is 0 Å². The van der Waals surface area contributed by atoms with Gasteiger partial charge in [-0.1, -0.05) is 26.2 Å². The molecular weight excluding hydrogens is 250 g/mol. The summed E-state index contributed by atoms with van der Waals surface area (Å²) in [4.78, 5) is 4.55. The number of hydrogen-bond donors (Lipinski definition) is 1. The van der Waals surface area contributed by atoms with Gasteiger partial charge in [0, 0.05) is 29.4 Å². The fourth-order valence-electron chi connectivity index (χ4n) is 3.65. The number of ether oxygens (including phenoxy) is 1. The summed E-state index contributed by atoms with van der Waals surface area (Å²) in [5.74, 6) is 1.30. The van der Waals surface area contributed by atoms with Crippen LogP contribution in [0.15, 0.2) is 6.20 Å². The van der Waals surface area contributed by atoms with E-state index in [2.05, 4.69) is 11.9 Å². The van der Waals surface area contributed by atoms with Crippen LogP contribution in [0, 0.1) is 19.8 Å². The summed E-state index contributed by atoms with van der Waals surface area (Å²) in [6.45, 7) is 6.23. The van der Waals surface area contributed by atoms with E-state index in [-0.39, 0.29) is 0 Å². The molecule has 0 amide bonds. The van der Waals surface area contributed by atoms with Crippen LogP contribution in [-0.4, -0.2) is 22.8 Å². The Balaban J connectivity index is 2.29. The molecule has 0 saturated heterocycles. The van der Waals surface area contributed by atoms with Crippen molar-refractivity contribution in [2.75, 3.05) is 7.11 Å². The van der Waals surface area contributed by atoms with Gasteiger partial charge < -0.3 is 9.84 Å². The summed E-state index contributed by atoms with van der Waals surface area (Å²) in [5.41, 5.74) is 2.51. The molecule has 1 aromatic heterocycles. The first-order chi connectivity index (χ1) is 9.51. The highest BCUT2D eigenvalue weighted by molar-refractivity contribution is 5.41. The largest absolute Gasteiger partial charge is 0.496 e. The molecule has 0 bridgehead atoms. The van der Waals surface area contributed by atoms with Crippen molar-refractivity contribution in [1.29, 1.82) is 0 Å². The third kappa shape index (κ3) is 2.83. The van der Waals surface area contributed by atoms with E-state index in [4.69, 9.17) is 4.74 Å². The standard InChI is InChI=1S/C17H27NO2/c1-5-14-8-6-7-9-17(14,19)10-15-13(3)16(20-4)12(2)11-18-15/h11,14,19H,5-10H2,1-4H3. The summed E-state index contributed by atoms with van der Waals surface area (Å²) in [6.07, 6.45) is 7.93. The highest BCUT2D eigenvalue weighted by Crippen LogP contribution is 2.39. The van der Waals surface area contributed by atoms with E-state index in [0.717, 1.165) is 48.3 Å². The van der Waals surface area contributed by atoms with E-state index in [1.807, 2.05) is 20.0 Å². The molecule has 2 rings (SSSR count). The van der Waals surface area contributed by atoms with Crippen LogP contribution < -0.4 is 4.74 Å². The Morgan fingerprint density at radius 3 is 2.80 bits per heavy atom. The fraction of sp³-hybridized carbons (Fsp3) is 0.706. The summed E-state index contributed by atoms with van der Waals surface area (Å²) >= 11 is 0. The summed E-state index contributed by atoms with van der Waals surface area (Å²) in [5, 5.41) is 11.1. The molecule has 2 atom stereocenters. The highest BCUT2D eigenvalue weighted by atomic mass is 16.5. The number of aliphatic hydroxyl groups is 1. The van der Waals surface area contributed by atoms with Crippen LogP contribution in [0.4, 0.5) is 0 Å². The molecule has 1 aliphatic carbocycles. The molecule has 1 fully saturated rings. The van der Waals surface area contributed by atoms with Gasteiger partial charge in [-0.25, -0.2) is 0 Å². The number of aromatic nitrogens is 1. The van der Waals surface area contributed by atoms with Crippen molar-refractivity contribution in [2.45, 2.75) is 64.9 Å². The van der Waals surface area contributed by atoms with E-state index < -0.39 is 5.60 Å². The smallest absolute Gasteiger partial charge is 0.128 e. The minimum Gasteiger partial charge on any atom is -0.496 e. The van der Waals surface area contributed by atoms with E-state index in [9.17, 15) is 5.11 Å². The molecule has 2 unspecified atom stereocenters. The predicted octanol–water partition coefficient (Wildman–Crippen LogP) is 3.58. The van der Waals surface area contributed by atoms with E-state index in [0.29, 0.717) is 12.3 Å².